The second-order valence-corrected chi connectivity index (χ2v) is 9.26. The molecular formula is C11H17NOSi. The molecule has 0 aliphatic rings. The van der Waals surface area contributed by atoms with Gasteiger partial charge in [-0.3, -0.25) is 4.79 Å². The molecule has 0 aliphatic heterocycles. The van der Waals surface area contributed by atoms with Crippen LogP contribution in [0.25, 0.3) is 0 Å². The van der Waals surface area contributed by atoms with Gasteiger partial charge in [-0.1, -0.05) is 19.6 Å². The number of anilines is 1. The van der Waals surface area contributed by atoms with Crippen LogP contribution >= 0.6 is 0 Å². The molecule has 0 saturated heterocycles. The van der Waals surface area contributed by atoms with Crippen LogP contribution in [0.5, 0.6) is 0 Å². The Bertz CT molecular complexity index is 324. The van der Waals surface area contributed by atoms with Crippen LogP contribution in [0.2, 0.25) is 19.6 Å². The van der Waals surface area contributed by atoms with E-state index in [1.807, 2.05) is 24.3 Å². The molecule has 2 nitrogen and oxygen atoms in total. The Morgan fingerprint density at radius 3 is 2.00 bits per heavy atom. The Labute approximate surface area is 86.4 Å². The molecule has 0 unspecified atom stereocenters. The average Bonchev–Trinajstić information content (AvgIpc) is 2.02. The third-order valence-electron chi connectivity index (χ3n) is 1.81. The van der Waals surface area contributed by atoms with Crippen molar-refractivity contribution in [3.63, 3.8) is 0 Å². The van der Waals surface area contributed by atoms with Gasteiger partial charge in [-0.25, -0.2) is 0 Å². The Morgan fingerprint density at radius 1 is 1.14 bits per heavy atom. The highest BCUT2D eigenvalue weighted by atomic mass is 28.3. The fourth-order valence-corrected chi connectivity index (χ4v) is 2.25. The monoisotopic (exact) mass is 207 g/mol. The molecule has 1 aromatic carbocycles. The summed E-state index contributed by atoms with van der Waals surface area (Å²) in [7, 11) is -1.28. The van der Waals surface area contributed by atoms with Crippen LogP contribution in [0, 0.1) is 0 Å². The maximum atomic E-state index is 11.0. The van der Waals surface area contributed by atoms with Crippen LogP contribution < -0.4 is 4.98 Å². The lowest BCUT2D eigenvalue weighted by Gasteiger charge is -2.19. The highest BCUT2D eigenvalue weighted by molar-refractivity contribution is 6.79. The van der Waals surface area contributed by atoms with Crippen molar-refractivity contribution in [3.8, 4) is 0 Å². The maximum absolute atomic E-state index is 11.0. The zero-order valence-electron chi connectivity index (χ0n) is 9.22. The van der Waals surface area contributed by atoms with Crippen molar-refractivity contribution in [2.75, 3.05) is 4.98 Å². The van der Waals surface area contributed by atoms with E-state index in [0.29, 0.717) is 0 Å². The Morgan fingerprint density at radius 2 is 1.64 bits per heavy atom. The summed E-state index contributed by atoms with van der Waals surface area (Å²) in [6.45, 7) is 8.31. The number of hydrogen-bond acceptors (Lipinski definition) is 2. The number of ketones is 1. The second-order valence-electron chi connectivity index (χ2n) is 4.51. The molecule has 0 heterocycles. The largest absolute Gasteiger partial charge is 0.411 e. The highest BCUT2D eigenvalue weighted by Gasteiger charge is 2.12. The summed E-state index contributed by atoms with van der Waals surface area (Å²) in [4.78, 5) is 14.5. The molecule has 1 aromatic rings. The predicted octanol–water partition coefficient (Wildman–Crippen LogP) is 3.14. The van der Waals surface area contributed by atoms with E-state index in [9.17, 15) is 4.79 Å². The minimum Gasteiger partial charge on any atom is -0.411 e. The third kappa shape index (κ3) is 3.34. The standard InChI is InChI=1S/C11H17NOSi/c1-9(13)10-5-7-11(8-6-10)12-14(2,3)4/h5-8,12H,1-4H3. The van der Waals surface area contributed by atoms with Crippen molar-refractivity contribution in [1.82, 2.24) is 0 Å². The third-order valence-corrected chi connectivity index (χ3v) is 2.85. The van der Waals surface area contributed by atoms with Crippen molar-refractivity contribution in [3.05, 3.63) is 29.8 Å². The first-order valence-electron chi connectivity index (χ1n) is 4.78. The van der Waals surface area contributed by atoms with Crippen molar-refractivity contribution in [1.29, 1.82) is 0 Å². The zero-order chi connectivity index (χ0) is 10.8. The molecule has 0 aliphatic carbocycles. The average molecular weight is 207 g/mol. The first-order chi connectivity index (χ1) is 6.38. The summed E-state index contributed by atoms with van der Waals surface area (Å²) < 4.78 is 0. The molecule has 3 heteroatoms. The SMILES string of the molecule is CC(=O)c1ccc(N[Si](C)(C)C)cc1. The van der Waals surface area contributed by atoms with Gasteiger partial charge in [0.2, 0.25) is 0 Å². The number of Topliss-reactive ketones (excluding diaryl/α,β-unsaturated/α-hetero) is 1. The molecule has 0 atom stereocenters. The number of rotatable bonds is 3. The topological polar surface area (TPSA) is 29.1 Å². The molecule has 0 fully saturated rings. The van der Waals surface area contributed by atoms with Crippen LogP contribution in [-0.4, -0.2) is 14.0 Å². The summed E-state index contributed by atoms with van der Waals surface area (Å²) in [5, 5.41) is 0. The van der Waals surface area contributed by atoms with E-state index in [1.165, 1.54) is 0 Å². The van der Waals surface area contributed by atoms with Crippen LogP contribution in [0.3, 0.4) is 0 Å². The molecule has 0 amide bonds. The van der Waals surface area contributed by atoms with Gasteiger partial charge in [0.25, 0.3) is 0 Å². The Hall–Kier alpha value is -1.09. The highest BCUT2D eigenvalue weighted by Crippen LogP contribution is 2.13. The maximum Gasteiger partial charge on any atom is 0.159 e. The van der Waals surface area contributed by atoms with Gasteiger partial charge in [-0.05, 0) is 31.2 Å². The minimum absolute atomic E-state index is 0.115. The Balaban J connectivity index is 2.79. The molecule has 14 heavy (non-hydrogen) atoms. The molecule has 0 spiro atoms. The minimum atomic E-state index is -1.28. The van der Waals surface area contributed by atoms with Crippen molar-refractivity contribution >= 4 is 19.7 Å². The molecule has 0 aromatic heterocycles. The van der Waals surface area contributed by atoms with Crippen LogP contribution in [0.15, 0.2) is 24.3 Å². The smallest absolute Gasteiger partial charge is 0.159 e. The van der Waals surface area contributed by atoms with Gasteiger partial charge >= 0.3 is 0 Å². The number of hydrogen-bond donors (Lipinski definition) is 1. The lowest BCUT2D eigenvalue weighted by molar-refractivity contribution is 0.101. The van der Waals surface area contributed by atoms with E-state index in [-0.39, 0.29) is 5.78 Å². The van der Waals surface area contributed by atoms with Crippen molar-refractivity contribution in [2.45, 2.75) is 26.6 Å². The number of nitrogens with one attached hydrogen (secondary N) is 1. The van der Waals surface area contributed by atoms with E-state index < -0.39 is 8.24 Å². The molecular weight excluding hydrogens is 190 g/mol. The first-order valence-corrected chi connectivity index (χ1v) is 8.28. The summed E-state index contributed by atoms with van der Waals surface area (Å²) in [6, 6.07) is 7.67. The second kappa shape index (κ2) is 3.96. The van der Waals surface area contributed by atoms with Gasteiger partial charge in [0, 0.05) is 11.3 Å². The van der Waals surface area contributed by atoms with Gasteiger partial charge in [0.05, 0.1) is 0 Å². The van der Waals surface area contributed by atoms with Crippen LogP contribution in [0.1, 0.15) is 17.3 Å². The van der Waals surface area contributed by atoms with Gasteiger partial charge in [-0.2, -0.15) is 0 Å². The summed E-state index contributed by atoms with van der Waals surface area (Å²) in [5.41, 5.74) is 1.88. The predicted molar refractivity (Wildman–Crippen MR) is 63.4 cm³/mol. The lowest BCUT2D eigenvalue weighted by Crippen LogP contribution is -2.32. The van der Waals surface area contributed by atoms with Gasteiger partial charge < -0.3 is 4.98 Å². The van der Waals surface area contributed by atoms with E-state index >= 15 is 0 Å². The van der Waals surface area contributed by atoms with E-state index in [2.05, 4.69) is 24.6 Å². The first kappa shape index (κ1) is 11.0. The number of benzene rings is 1. The van der Waals surface area contributed by atoms with E-state index in [1.54, 1.807) is 6.92 Å². The van der Waals surface area contributed by atoms with Gasteiger partial charge in [0.1, 0.15) is 8.24 Å². The summed E-state index contributed by atoms with van der Waals surface area (Å²) >= 11 is 0. The normalized spacial score (nSPS) is 11.1. The van der Waals surface area contributed by atoms with Crippen LogP contribution in [0.4, 0.5) is 5.69 Å². The fraction of sp³-hybridized carbons (Fsp3) is 0.364. The van der Waals surface area contributed by atoms with Crippen LogP contribution in [-0.2, 0) is 0 Å². The summed E-state index contributed by atoms with van der Waals surface area (Å²) in [6.07, 6.45) is 0. The Kier molecular flexibility index (Phi) is 3.11. The summed E-state index contributed by atoms with van der Waals surface area (Å²) in [5.74, 6) is 0.115. The zero-order valence-corrected chi connectivity index (χ0v) is 10.2. The molecule has 0 radical (unpaired) electrons. The number of carbonyl (C=O) groups excluding carboxylic acids is 1. The lowest BCUT2D eigenvalue weighted by atomic mass is 10.1. The van der Waals surface area contributed by atoms with E-state index in [4.69, 9.17) is 0 Å². The fourth-order valence-electron chi connectivity index (χ4n) is 1.22. The molecule has 76 valence electrons. The molecule has 0 saturated carbocycles. The van der Waals surface area contributed by atoms with Gasteiger partial charge in [-0.15, -0.1) is 0 Å². The molecule has 1 rings (SSSR count). The number of carbonyl (C=O) groups is 1. The van der Waals surface area contributed by atoms with Gasteiger partial charge in [0.15, 0.2) is 5.78 Å². The molecule has 1 N–H and O–H groups in total. The quantitative estimate of drug-likeness (QED) is 0.609. The van der Waals surface area contributed by atoms with Crippen molar-refractivity contribution < 1.29 is 4.79 Å². The van der Waals surface area contributed by atoms with Crippen molar-refractivity contribution in [2.24, 2.45) is 0 Å². The van der Waals surface area contributed by atoms with E-state index in [0.717, 1.165) is 11.3 Å². The molecule has 0 bridgehead atoms.